The normalized spacial score (nSPS) is 12.5. The van der Waals surface area contributed by atoms with Crippen LogP contribution in [-0.2, 0) is 13.5 Å². The van der Waals surface area contributed by atoms with Gasteiger partial charge in [-0.1, -0.05) is 30.3 Å². The molecule has 5 nitrogen and oxygen atoms in total. The Morgan fingerprint density at radius 2 is 2.14 bits per heavy atom. The highest BCUT2D eigenvalue weighted by Crippen LogP contribution is 2.24. The van der Waals surface area contributed by atoms with Crippen molar-refractivity contribution in [3.05, 3.63) is 58.9 Å². The lowest BCUT2D eigenvalue weighted by atomic mass is 10.2. The number of aromatic nitrogens is 3. The molecule has 0 aliphatic rings. The van der Waals surface area contributed by atoms with Crippen LogP contribution in [0.2, 0.25) is 0 Å². The Morgan fingerprint density at radius 3 is 2.81 bits per heavy atom. The highest BCUT2D eigenvalue weighted by molar-refractivity contribution is 7.09. The Kier molecular flexibility index (Phi) is 4.10. The van der Waals surface area contributed by atoms with Crippen LogP contribution in [0.25, 0.3) is 11.3 Å². The third-order valence-electron chi connectivity index (χ3n) is 3.37. The summed E-state index contributed by atoms with van der Waals surface area (Å²) >= 11 is 1.65. The lowest BCUT2D eigenvalue weighted by molar-refractivity contribution is 0.506. The van der Waals surface area contributed by atoms with Crippen molar-refractivity contribution >= 4 is 11.3 Å². The number of aryl methyl sites for hydroxylation is 1. The van der Waals surface area contributed by atoms with Crippen LogP contribution in [0, 0.1) is 0 Å². The smallest absolute Gasteiger partial charge is 0.127 e. The highest BCUT2D eigenvalue weighted by Gasteiger charge is 2.17. The summed E-state index contributed by atoms with van der Waals surface area (Å²) < 4.78 is 1.97. The van der Waals surface area contributed by atoms with E-state index in [0.29, 0.717) is 0 Å². The molecule has 21 heavy (non-hydrogen) atoms. The average molecular weight is 299 g/mol. The third-order valence-corrected chi connectivity index (χ3v) is 4.24. The van der Waals surface area contributed by atoms with Gasteiger partial charge in [0, 0.05) is 36.8 Å². The number of hydrogen-bond acceptors (Lipinski definition) is 5. The van der Waals surface area contributed by atoms with E-state index in [0.717, 1.165) is 28.5 Å². The fourth-order valence-corrected chi connectivity index (χ4v) is 3.11. The molecule has 0 aliphatic carbocycles. The van der Waals surface area contributed by atoms with Crippen molar-refractivity contribution in [2.24, 2.45) is 12.9 Å². The van der Waals surface area contributed by atoms with E-state index in [4.69, 9.17) is 10.8 Å². The van der Waals surface area contributed by atoms with Crippen LogP contribution in [-0.4, -0.2) is 14.5 Å². The van der Waals surface area contributed by atoms with Crippen molar-refractivity contribution in [2.75, 3.05) is 0 Å². The molecule has 0 amide bonds. The van der Waals surface area contributed by atoms with Crippen LogP contribution in [0.4, 0.5) is 0 Å². The van der Waals surface area contributed by atoms with Gasteiger partial charge >= 0.3 is 0 Å². The van der Waals surface area contributed by atoms with Crippen LogP contribution in [0.15, 0.2) is 48.1 Å². The summed E-state index contributed by atoms with van der Waals surface area (Å²) in [5, 5.41) is 3.12. The van der Waals surface area contributed by atoms with E-state index in [1.165, 1.54) is 0 Å². The average Bonchev–Trinajstić information content (AvgIpc) is 3.15. The second kappa shape index (κ2) is 6.17. The standard InChI is InChI=1S/C15H17N5S/c1-20-8-7-17-15(20)12(19-16)9-14-18-13(10-21-14)11-5-3-2-4-6-11/h2-8,10,12,19H,9,16H2,1H3. The van der Waals surface area contributed by atoms with Gasteiger partial charge in [0.15, 0.2) is 0 Å². The minimum atomic E-state index is -0.0419. The minimum absolute atomic E-state index is 0.0419. The molecule has 1 unspecified atom stereocenters. The molecule has 0 bridgehead atoms. The number of thiazole rings is 1. The number of nitrogens with two attached hydrogens (primary N) is 1. The number of hydrogen-bond donors (Lipinski definition) is 2. The van der Waals surface area contributed by atoms with E-state index >= 15 is 0 Å². The van der Waals surface area contributed by atoms with E-state index in [9.17, 15) is 0 Å². The molecular weight excluding hydrogens is 282 g/mol. The third kappa shape index (κ3) is 3.02. The number of imidazole rings is 1. The molecular formula is C15H17N5S. The Bertz CT molecular complexity index is 704. The van der Waals surface area contributed by atoms with E-state index < -0.39 is 0 Å². The first-order valence-corrected chi connectivity index (χ1v) is 7.59. The second-order valence-corrected chi connectivity index (χ2v) is 5.75. The zero-order chi connectivity index (χ0) is 14.7. The van der Waals surface area contributed by atoms with E-state index in [1.807, 2.05) is 36.0 Å². The zero-order valence-corrected chi connectivity index (χ0v) is 12.5. The summed E-state index contributed by atoms with van der Waals surface area (Å²) in [5.74, 6) is 6.58. The number of hydrazine groups is 1. The predicted molar refractivity (Wildman–Crippen MR) is 84.5 cm³/mol. The van der Waals surface area contributed by atoms with Gasteiger partial charge < -0.3 is 4.57 Å². The molecule has 6 heteroatoms. The van der Waals surface area contributed by atoms with Gasteiger partial charge in [0.25, 0.3) is 0 Å². The van der Waals surface area contributed by atoms with Gasteiger partial charge in [0.05, 0.1) is 16.7 Å². The van der Waals surface area contributed by atoms with Crippen LogP contribution >= 0.6 is 11.3 Å². The van der Waals surface area contributed by atoms with Gasteiger partial charge in [-0.25, -0.2) is 15.4 Å². The van der Waals surface area contributed by atoms with Crippen molar-refractivity contribution < 1.29 is 0 Å². The zero-order valence-electron chi connectivity index (χ0n) is 11.7. The van der Waals surface area contributed by atoms with Crippen LogP contribution in [0.3, 0.4) is 0 Å². The molecule has 0 saturated heterocycles. The Hall–Kier alpha value is -2.02. The maximum Gasteiger partial charge on any atom is 0.127 e. The molecule has 3 aromatic rings. The highest BCUT2D eigenvalue weighted by atomic mass is 32.1. The van der Waals surface area contributed by atoms with Gasteiger partial charge in [-0.15, -0.1) is 11.3 Å². The van der Waals surface area contributed by atoms with Crippen LogP contribution < -0.4 is 11.3 Å². The fourth-order valence-electron chi connectivity index (χ4n) is 2.26. The van der Waals surface area contributed by atoms with Crippen LogP contribution in [0.1, 0.15) is 16.9 Å². The Labute approximate surface area is 127 Å². The summed E-state index contributed by atoms with van der Waals surface area (Å²) in [7, 11) is 1.96. The summed E-state index contributed by atoms with van der Waals surface area (Å²) in [6.07, 6.45) is 4.41. The Morgan fingerprint density at radius 1 is 1.33 bits per heavy atom. The lowest BCUT2D eigenvalue weighted by Crippen LogP contribution is -2.31. The number of rotatable bonds is 5. The monoisotopic (exact) mass is 299 g/mol. The van der Waals surface area contributed by atoms with Gasteiger partial charge in [-0.3, -0.25) is 5.84 Å². The number of nitrogens with one attached hydrogen (secondary N) is 1. The summed E-state index contributed by atoms with van der Waals surface area (Å²) in [6.45, 7) is 0. The number of nitrogens with zero attached hydrogens (tertiary/aromatic N) is 3. The maximum absolute atomic E-state index is 5.67. The molecule has 0 radical (unpaired) electrons. The summed E-state index contributed by atoms with van der Waals surface area (Å²) in [4.78, 5) is 9.04. The van der Waals surface area contributed by atoms with E-state index in [1.54, 1.807) is 17.5 Å². The van der Waals surface area contributed by atoms with Crippen LogP contribution in [0.5, 0.6) is 0 Å². The van der Waals surface area contributed by atoms with E-state index in [2.05, 4.69) is 27.9 Å². The van der Waals surface area contributed by atoms with Gasteiger partial charge in [0.2, 0.25) is 0 Å². The van der Waals surface area contributed by atoms with E-state index in [-0.39, 0.29) is 6.04 Å². The molecule has 0 fully saturated rings. The predicted octanol–water partition coefficient (Wildman–Crippen LogP) is 2.29. The van der Waals surface area contributed by atoms with Gasteiger partial charge in [0.1, 0.15) is 5.82 Å². The molecule has 108 valence electrons. The first-order valence-electron chi connectivity index (χ1n) is 6.71. The molecule has 1 aromatic carbocycles. The SMILES string of the molecule is Cn1ccnc1C(Cc1nc(-c2ccccc2)cs1)NN. The van der Waals surface area contributed by atoms with Crippen molar-refractivity contribution in [3.63, 3.8) is 0 Å². The molecule has 0 saturated carbocycles. The van der Waals surface area contributed by atoms with Gasteiger partial charge in [-0.2, -0.15) is 0 Å². The van der Waals surface area contributed by atoms with Crippen molar-refractivity contribution in [2.45, 2.75) is 12.5 Å². The van der Waals surface area contributed by atoms with Gasteiger partial charge in [-0.05, 0) is 0 Å². The molecule has 1 atom stereocenters. The molecule has 2 aromatic heterocycles. The topological polar surface area (TPSA) is 68.8 Å². The number of benzene rings is 1. The summed E-state index contributed by atoms with van der Waals surface area (Å²) in [5.41, 5.74) is 4.97. The quantitative estimate of drug-likeness (QED) is 0.560. The fraction of sp³-hybridized carbons (Fsp3) is 0.200. The largest absolute Gasteiger partial charge is 0.337 e. The Balaban J connectivity index is 1.79. The molecule has 2 heterocycles. The van der Waals surface area contributed by atoms with Crippen molar-refractivity contribution in [1.29, 1.82) is 0 Å². The first-order chi connectivity index (χ1) is 10.3. The minimum Gasteiger partial charge on any atom is -0.337 e. The molecule has 0 spiro atoms. The van der Waals surface area contributed by atoms with Crippen molar-refractivity contribution in [3.8, 4) is 11.3 Å². The molecule has 0 aliphatic heterocycles. The molecule has 3 N–H and O–H groups in total. The maximum atomic E-state index is 5.67. The lowest BCUT2D eigenvalue weighted by Gasteiger charge is -2.14. The second-order valence-electron chi connectivity index (χ2n) is 4.81. The van der Waals surface area contributed by atoms with Crippen molar-refractivity contribution in [1.82, 2.24) is 20.0 Å². The first kappa shape index (κ1) is 13.9. The molecule has 3 rings (SSSR count). The summed E-state index contributed by atoms with van der Waals surface area (Å²) in [6, 6.07) is 10.1.